The molecule has 0 radical (unpaired) electrons. The first-order valence-electron chi connectivity index (χ1n) is 10.2. The number of esters is 1. The van der Waals surface area contributed by atoms with Crippen molar-refractivity contribution in [3.05, 3.63) is 33.5 Å². The van der Waals surface area contributed by atoms with Crippen LogP contribution >= 0.6 is 22.7 Å². The zero-order valence-corrected chi connectivity index (χ0v) is 19.9. The first-order valence-corrected chi connectivity index (χ1v) is 13.3. The fourth-order valence-corrected chi connectivity index (χ4v) is 8.20. The molecule has 2 aliphatic heterocycles. The van der Waals surface area contributed by atoms with Crippen molar-refractivity contribution in [2.24, 2.45) is 0 Å². The molecule has 0 aromatic carbocycles. The van der Waals surface area contributed by atoms with Gasteiger partial charge in [0.15, 0.2) is 0 Å². The van der Waals surface area contributed by atoms with Crippen LogP contribution in [0.3, 0.4) is 0 Å². The number of fused-ring (bicyclic) bond motifs is 1. The molecule has 4 rings (SSSR count). The number of nitrogens with zero attached hydrogens (tertiary/aromatic N) is 2. The van der Waals surface area contributed by atoms with E-state index in [0.29, 0.717) is 36.4 Å². The molecule has 31 heavy (non-hydrogen) atoms. The maximum Gasteiger partial charge on any atom is 0.341 e. The third kappa shape index (κ3) is 4.17. The van der Waals surface area contributed by atoms with Gasteiger partial charge in [-0.15, -0.1) is 22.7 Å². The summed E-state index contributed by atoms with van der Waals surface area (Å²) in [7, 11) is -2.40. The highest BCUT2D eigenvalue weighted by molar-refractivity contribution is 7.91. The van der Waals surface area contributed by atoms with Gasteiger partial charge in [0, 0.05) is 24.5 Å². The van der Waals surface area contributed by atoms with Crippen molar-refractivity contribution < 1.29 is 22.7 Å². The van der Waals surface area contributed by atoms with E-state index in [1.54, 1.807) is 17.5 Å². The number of ether oxygens (including phenoxy) is 1. The van der Waals surface area contributed by atoms with Gasteiger partial charge in [-0.05, 0) is 42.8 Å². The second-order valence-corrected chi connectivity index (χ2v) is 11.7. The molecule has 2 aromatic heterocycles. The third-order valence-electron chi connectivity index (χ3n) is 5.77. The summed E-state index contributed by atoms with van der Waals surface area (Å²) in [5.41, 5.74) is 1.32. The molecule has 11 heteroatoms. The highest BCUT2D eigenvalue weighted by atomic mass is 32.2. The summed E-state index contributed by atoms with van der Waals surface area (Å²) in [4.78, 5) is 29.0. The molecule has 168 valence electrons. The molecule has 1 fully saturated rings. The summed E-state index contributed by atoms with van der Waals surface area (Å²) in [6, 6.07) is 2.43. The maximum atomic E-state index is 13.2. The Kier molecular flexibility index (Phi) is 6.50. The molecule has 8 nitrogen and oxygen atoms in total. The first kappa shape index (κ1) is 22.4. The van der Waals surface area contributed by atoms with Gasteiger partial charge in [0.05, 0.1) is 12.7 Å². The van der Waals surface area contributed by atoms with E-state index in [9.17, 15) is 18.0 Å². The molecule has 0 aliphatic carbocycles. The van der Waals surface area contributed by atoms with Gasteiger partial charge in [-0.3, -0.25) is 9.69 Å². The Balaban J connectivity index is 1.61. The van der Waals surface area contributed by atoms with Crippen LogP contribution in [-0.2, 0) is 32.5 Å². The number of rotatable bonds is 6. The van der Waals surface area contributed by atoms with Gasteiger partial charge < -0.3 is 10.1 Å². The van der Waals surface area contributed by atoms with E-state index >= 15 is 0 Å². The lowest BCUT2D eigenvalue weighted by Gasteiger charge is -2.25. The number of hydrogen-bond donors (Lipinski definition) is 1. The number of methoxy groups -OCH3 is 1. The molecule has 1 unspecified atom stereocenters. The number of anilines is 1. The van der Waals surface area contributed by atoms with Gasteiger partial charge >= 0.3 is 5.97 Å². The Morgan fingerprint density at radius 2 is 2.13 bits per heavy atom. The average molecular weight is 484 g/mol. The van der Waals surface area contributed by atoms with E-state index in [-0.39, 0.29) is 4.21 Å². The number of sulfonamides is 1. The predicted octanol–water partition coefficient (Wildman–Crippen LogP) is 2.77. The van der Waals surface area contributed by atoms with Crippen LogP contribution in [0.25, 0.3) is 0 Å². The average Bonchev–Trinajstić information content (AvgIpc) is 3.52. The van der Waals surface area contributed by atoms with Crippen LogP contribution in [-0.4, -0.2) is 62.3 Å². The highest BCUT2D eigenvalue weighted by Crippen LogP contribution is 2.38. The number of likely N-dealkylation sites (N-methyl/N-ethyl adjacent to an activating group) is 1. The number of thiophene rings is 2. The molecule has 1 N–H and O–H groups in total. The van der Waals surface area contributed by atoms with Crippen molar-refractivity contribution in [1.29, 1.82) is 0 Å². The van der Waals surface area contributed by atoms with Crippen molar-refractivity contribution in [3.63, 3.8) is 0 Å². The number of nitrogens with one attached hydrogen (secondary N) is 1. The van der Waals surface area contributed by atoms with Crippen molar-refractivity contribution in [2.45, 2.75) is 43.0 Å². The summed E-state index contributed by atoms with van der Waals surface area (Å²) in [6.45, 7) is 4.86. The number of hydrogen-bond acceptors (Lipinski definition) is 8. The van der Waals surface area contributed by atoms with Crippen LogP contribution in [0.2, 0.25) is 0 Å². The second kappa shape index (κ2) is 8.99. The lowest BCUT2D eigenvalue weighted by Crippen LogP contribution is -2.42. The van der Waals surface area contributed by atoms with Gasteiger partial charge in [0.1, 0.15) is 15.3 Å². The first-order chi connectivity index (χ1) is 14.9. The molecule has 0 spiro atoms. The lowest BCUT2D eigenvalue weighted by atomic mass is 10.0. The Morgan fingerprint density at radius 3 is 2.81 bits per heavy atom. The van der Waals surface area contributed by atoms with Crippen molar-refractivity contribution in [1.82, 2.24) is 9.21 Å². The standard InChI is InChI=1S/C20H25N3O5S3/c1-3-22-10-8-13-15(12-22)30-19(17(13)20(25)28-2)21-18(24)14-6-4-9-23(14)31(26,27)16-7-5-11-29-16/h5,7,11,14H,3-4,6,8-10,12H2,1-2H3,(H,21,24). The summed E-state index contributed by atoms with van der Waals surface area (Å²) in [6.07, 6.45) is 1.76. The molecule has 4 heterocycles. The fraction of sp³-hybridized carbons (Fsp3) is 0.500. The van der Waals surface area contributed by atoms with Crippen LogP contribution in [0.5, 0.6) is 0 Å². The maximum absolute atomic E-state index is 13.2. The third-order valence-corrected chi connectivity index (χ3v) is 10.2. The molecule has 1 saturated heterocycles. The van der Waals surface area contributed by atoms with Gasteiger partial charge in [-0.25, -0.2) is 13.2 Å². The van der Waals surface area contributed by atoms with Crippen molar-refractivity contribution in [3.8, 4) is 0 Å². The molecule has 1 amide bonds. The monoisotopic (exact) mass is 483 g/mol. The molecule has 1 atom stereocenters. The van der Waals surface area contributed by atoms with Crippen LogP contribution in [0.4, 0.5) is 5.00 Å². The molecule has 2 aliphatic rings. The fourth-order valence-electron chi connectivity index (χ4n) is 4.14. The molecule has 2 aromatic rings. The minimum absolute atomic E-state index is 0.230. The van der Waals surface area contributed by atoms with Crippen molar-refractivity contribution >= 4 is 49.6 Å². The zero-order chi connectivity index (χ0) is 22.2. The van der Waals surface area contributed by atoms with Crippen LogP contribution in [0, 0.1) is 0 Å². The minimum atomic E-state index is -3.73. The minimum Gasteiger partial charge on any atom is -0.465 e. The summed E-state index contributed by atoms with van der Waals surface area (Å²) >= 11 is 2.52. The van der Waals surface area contributed by atoms with Gasteiger partial charge in [-0.1, -0.05) is 13.0 Å². The normalized spacial score (nSPS) is 19.9. The second-order valence-electron chi connectivity index (χ2n) is 7.51. The van der Waals surface area contributed by atoms with E-state index in [0.717, 1.165) is 41.4 Å². The van der Waals surface area contributed by atoms with E-state index in [2.05, 4.69) is 17.1 Å². The Hall–Kier alpha value is -1.79. The van der Waals surface area contributed by atoms with Gasteiger partial charge in [0.2, 0.25) is 5.91 Å². The number of carbonyl (C=O) groups excluding carboxylic acids is 2. The molecular formula is C20H25N3O5S3. The summed E-state index contributed by atoms with van der Waals surface area (Å²) in [5.74, 6) is -0.888. The molecular weight excluding hydrogens is 458 g/mol. The van der Waals surface area contributed by atoms with Crippen LogP contribution in [0.15, 0.2) is 21.7 Å². The number of amides is 1. The number of carbonyl (C=O) groups is 2. The van der Waals surface area contributed by atoms with E-state index in [1.807, 2.05) is 0 Å². The van der Waals surface area contributed by atoms with Gasteiger partial charge in [0.25, 0.3) is 10.0 Å². The van der Waals surface area contributed by atoms with E-state index < -0.39 is 27.9 Å². The van der Waals surface area contributed by atoms with E-state index in [1.165, 1.54) is 22.8 Å². The molecule has 0 saturated carbocycles. The summed E-state index contributed by atoms with van der Waals surface area (Å²) in [5, 5.41) is 5.01. The van der Waals surface area contributed by atoms with Crippen LogP contribution in [0.1, 0.15) is 40.6 Å². The predicted molar refractivity (Wildman–Crippen MR) is 120 cm³/mol. The zero-order valence-electron chi connectivity index (χ0n) is 17.4. The highest BCUT2D eigenvalue weighted by Gasteiger charge is 2.40. The Morgan fingerprint density at radius 1 is 1.32 bits per heavy atom. The smallest absolute Gasteiger partial charge is 0.341 e. The Bertz CT molecular complexity index is 1080. The van der Waals surface area contributed by atoms with Gasteiger partial charge in [-0.2, -0.15) is 4.31 Å². The summed E-state index contributed by atoms with van der Waals surface area (Å²) < 4.78 is 32.5. The topological polar surface area (TPSA) is 96.0 Å². The SMILES string of the molecule is CCN1CCc2c(sc(NC(=O)C3CCCN3S(=O)(=O)c3cccs3)c2C(=O)OC)C1. The van der Waals surface area contributed by atoms with Crippen molar-refractivity contribution in [2.75, 3.05) is 32.1 Å². The molecule has 0 bridgehead atoms. The van der Waals surface area contributed by atoms with E-state index in [4.69, 9.17) is 4.74 Å². The Labute approximate surface area is 189 Å². The van der Waals surface area contributed by atoms with Crippen LogP contribution < -0.4 is 5.32 Å². The quantitative estimate of drug-likeness (QED) is 0.635. The largest absolute Gasteiger partial charge is 0.465 e. The lowest BCUT2D eigenvalue weighted by molar-refractivity contribution is -0.119.